The molecule has 0 saturated carbocycles. The van der Waals surface area contributed by atoms with Crippen LogP contribution in [0, 0.1) is 5.82 Å². The van der Waals surface area contributed by atoms with Crippen molar-refractivity contribution < 1.29 is 23.5 Å². The summed E-state index contributed by atoms with van der Waals surface area (Å²) in [6.07, 6.45) is 0. The highest BCUT2D eigenvalue weighted by atomic mass is 35.5. The molecule has 0 spiro atoms. The average molecular weight is 436 g/mol. The molecule has 0 heterocycles. The summed E-state index contributed by atoms with van der Waals surface area (Å²) in [5, 5.41) is 4.28. The largest absolute Gasteiger partial charge is 0.497 e. The SMILES string of the molecule is COc1ccc(NC(=O)CNC(=O)CN(Cc2ccc(F)cc2)C(=O)C(C)Cl)cc1. The van der Waals surface area contributed by atoms with Gasteiger partial charge in [-0.2, -0.15) is 0 Å². The number of methoxy groups -OCH3 is 1. The van der Waals surface area contributed by atoms with Crippen LogP contribution >= 0.6 is 11.6 Å². The van der Waals surface area contributed by atoms with Gasteiger partial charge in [-0.15, -0.1) is 11.6 Å². The molecule has 0 aliphatic heterocycles. The minimum atomic E-state index is -0.836. The number of anilines is 1. The summed E-state index contributed by atoms with van der Waals surface area (Å²) < 4.78 is 18.1. The molecule has 2 aromatic rings. The maximum Gasteiger partial charge on any atom is 0.243 e. The van der Waals surface area contributed by atoms with E-state index in [1.807, 2.05) is 0 Å². The van der Waals surface area contributed by atoms with E-state index in [0.29, 0.717) is 17.0 Å². The molecule has 7 nitrogen and oxygen atoms in total. The van der Waals surface area contributed by atoms with E-state index in [0.717, 1.165) is 0 Å². The Morgan fingerprint density at radius 1 is 1.07 bits per heavy atom. The standard InChI is InChI=1S/C21H23ClFN3O4/c1-14(22)21(29)26(12-15-3-5-16(23)6-4-15)13-20(28)24-11-19(27)25-17-7-9-18(30-2)10-8-17/h3-10,14H,11-13H2,1-2H3,(H,24,28)(H,25,27). The number of alkyl halides is 1. The number of halogens is 2. The zero-order chi connectivity index (χ0) is 22.1. The summed E-state index contributed by atoms with van der Waals surface area (Å²) in [5.41, 5.74) is 1.20. The highest BCUT2D eigenvalue weighted by molar-refractivity contribution is 6.30. The van der Waals surface area contributed by atoms with Gasteiger partial charge < -0.3 is 20.3 Å². The van der Waals surface area contributed by atoms with Crippen molar-refractivity contribution in [2.24, 2.45) is 0 Å². The molecule has 0 bridgehead atoms. The topological polar surface area (TPSA) is 87.7 Å². The molecule has 0 aliphatic carbocycles. The first-order valence-corrected chi connectivity index (χ1v) is 9.60. The van der Waals surface area contributed by atoms with Crippen molar-refractivity contribution in [1.29, 1.82) is 0 Å². The number of nitrogens with zero attached hydrogens (tertiary/aromatic N) is 1. The Morgan fingerprint density at radius 2 is 1.70 bits per heavy atom. The van der Waals surface area contributed by atoms with Crippen LogP contribution in [0.3, 0.4) is 0 Å². The quantitative estimate of drug-likeness (QED) is 0.592. The molecule has 3 amide bonds. The fourth-order valence-corrected chi connectivity index (χ4v) is 2.70. The summed E-state index contributed by atoms with van der Waals surface area (Å²) >= 11 is 5.88. The summed E-state index contributed by atoms with van der Waals surface area (Å²) in [4.78, 5) is 37.9. The van der Waals surface area contributed by atoms with Crippen LogP contribution in [0.1, 0.15) is 12.5 Å². The van der Waals surface area contributed by atoms with Crippen molar-refractivity contribution in [3.05, 3.63) is 59.9 Å². The second-order valence-corrected chi connectivity index (χ2v) is 7.14. The summed E-state index contributed by atoms with van der Waals surface area (Å²) in [6.45, 7) is 1.03. The third kappa shape index (κ3) is 7.36. The molecule has 9 heteroatoms. The smallest absolute Gasteiger partial charge is 0.243 e. The van der Waals surface area contributed by atoms with Crippen LogP contribution in [0.4, 0.5) is 10.1 Å². The zero-order valence-corrected chi connectivity index (χ0v) is 17.4. The van der Waals surface area contributed by atoms with Gasteiger partial charge in [0, 0.05) is 12.2 Å². The van der Waals surface area contributed by atoms with Gasteiger partial charge in [-0.25, -0.2) is 4.39 Å². The van der Waals surface area contributed by atoms with E-state index in [4.69, 9.17) is 16.3 Å². The van der Waals surface area contributed by atoms with Crippen LogP contribution in [0.2, 0.25) is 0 Å². The van der Waals surface area contributed by atoms with Crippen LogP contribution in [0.25, 0.3) is 0 Å². The van der Waals surface area contributed by atoms with Gasteiger partial charge in [0.15, 0.2) is 0 Å². The lowest BCUT2D eigenvalue weighted by Gasteiger charge is -2.23. The number of rotatable bonds is 9. The molecular weight excluding hydrogens is 413 g/mol. The molecule has 160 valence electrons. The maximum atomic E-state index is 13.1. The molecule has 2 N–H and O–H groups in total. The Bertz CT molecular complexity index is 873. The number of benzene rings is 2. The maximum absolute atomic E-state index is 13.1. The first-order chi connectivity index (χ1) is 14.3. The molecule has 1 atom stereocenters. The van der Waals surface area contributed by atoms with Gasteiger partial charge in [-0.3, -0.25) is 14.4 Å². The molecule has 30 heavy (non-hydrogen) atoms. The highest BCUT2D eigenvalue weighted by Gasteiger charge is 2.21. The lowest BCUT2D eigenvalue weighted by Crippen LogP contribution is -2.44. The van der Waals surface area contributed by atoms with Gasteiger partial charge in [0.1, 0.15) is 16.9 Å². The normalized spacial score (nSPS) is 11.3. The van der Waals surface area contributed by atoms with E-state index in [1.54, 1.807) is 24.3 Å². The van der Waals surface area contributed by atoms with E-state index in [9.17, 15) is 18.8 Å². The summed E-state index contributed by atoms with van der Waals surface area (Å²) in [7, 11) is 1.54. The third-order valence-electron chi connectivity index (χ3n) is 4.09. The number of hydrogen-bond donors (Lipinski definition) is 2. The fourth-order valence-electron chi connectivity index (χ4n) is 2.56. The van der Waals surface area contributed by atoms with Crippen LogP contribution in [0.5, 0.6) is 5.75 Å². The Morgan fingerprint density at radius 3 is 2.27 bits per heavy atom. The molecule has 1 unspecified atom stereocenters. The molecule has 0 saturated heterocycles. The van der Waals surface area contributed by atoms with Crippen molar-refractivity contribution in [3.63, 3.8) is 0 Å². The van der Waals surface area contributed by atoms with E-state index in [2.05, 4.69) is 10.6 Å². The van der Waals surface area contributed by atoms with E-state index in [-0.39, 0.29) is 19.6 Å². The predicted molar refractivity (Wildman–Crippen MR) is 112 cm³/mol. The average Bonchev–Trinajstić information content (AvgIpc) is 2.73. The van der Waals surface area contributed by atoms with E-state index in [1.165, 1.54) is 43.2 Å². The van der Waals surface area contributed by atoms with E-state index >= 15 is 0 Å². The number of ether oxygens (including phenoxy) is 1. The van der Waals surface area contributed by atoms with Gasteiger partial charge in [0.05, 0.1) is 20.2 Å². The monoisotopic (exact) mass is 435 g/mol. The van der Waals surface area contributed by atoms with Gasteiger partial charge in [-0.05, 0) is 48.9 Å². The molecule has 2 aromatic carbocycles. The molecule has 2 rings (SSSR count). The first-order valence-electron chi connectivity index (χ1n) is 9.16. The lowest BCUT2D eigenvalue weighted by molar-refractivity contribution is -0.136. The van der Waals surface area contributed by atoms with Gasteiger partial charge in [0.25, 0.3) is 0 Å². The van der Waals surface area contributed by atoms with Crippen LogP contribution in [-0.4, -0.2) is 48.2 Å². The second-order valence-electron chi connectivity index (χ2n) is 6.49. The zero-order valence-electron chi connectivity index (χ0n) is 16.7. The van der Waals surface area contributed by atoms with Crippen LogP contribution in [-0.2, 0) is 20.9 Å². The molecule has 0 aromatic heterocycles. The summed E-state index contributed by atoms with van der Waals surface area (Å²) in [6, 6.07) is 12.3. The molecular formula is C21H23ClFN3O4. The molecule has 0 aliphatic rings. The van der Waals surface area contributed by atoms with Crippen LogP contribution < -0.4 is 15.4 Å². The number of hydrogen-bond acceptors (Lipinski definition) is 4. The van der Waals surface area contributed by atoms with Gasteiger partial charge in [-0.1, -0.05) is 12.1 Å². The van der Waals surface area contributed by atoms with E-state index < -0.39 is 28.9 Å². The Balaban J connectivity index is 1.89. The minimum Gasteiger partial charge on any atom is -0.497 e. The van der Waals surface area contributed by atoms with Crippen molar-refractivity contribution in [1.82, 2.24) is 10.2 Å². The first kappa shape index (κ1) is 23.2. The van der Waals surface area contributed by atoms with Crippen molar-refractivity contribution in [2.45, 2.75) is 18.8 Å². The van der Waals surface area contributed by atoms with Gasteiger partial charge in [0.2, 0.25) is 17.7 Å². The fraction of sp³-hybridized carbons (Fsp3) is 0.286. The number of carbonyl (C=O) groups is 3. The predicted octanol–water partition coefficient (Wildman–Crippen LogP) is 2.55. The molecule has 0 fully saturated rings. The Labute approximate surface area is 179 Å². The Hall–Kier alpha value is -3.13. The Kier molecular flexibility index (Phi) is 8.61. The number of amides is 3. The van der Waals surface area contributed by atoms with Crippen molar-refractivity contribution in [3.8, 4) is 5.75 Å². The number of nitrogens with one attached hydrogen (secondary N) is 2. The highest BCUT2D eigenvalue weighted by Crippen LogP contribution is 2.14. The molecule has 0 radical (unpaired) electrons. The number of carbonyl (C=O) groups excluding carboxylic acids is 3. The van der Waals surface area contributed by atoms with Crippen LogP contribution in [0.15, 0.2) is 48.5 Å². The third-order valence-corrected chi connectivity index (χ3v) is 4.28. The lowest BCUT2D eigenvalue weighted by atomic mass is 10.2. The van der Waals surface area contributed by atoms with Crippen molar-refractivity contribution >= 4 is 35.0 Å². The van der Waals surface area contributed by atoms with Crippen molar-refractivity contribution in [2.75, 3.05) is 25.5 Å². The minimum absolute atomic E-state index is 0.0850. The second kappa shape index (κ2) is 11.2. The van der Waals surface area contributed by atoms with Gasteiger partial charge >= 0.3 is 0 Å². The summed E-state index contributed by atoms with van der Waals surface area (Å²) in [5.74, 6) is -1.13.